The summed E-state index contributed by atoms with van der Waals surface area (Å²) in [4.78, 5) is 50.8. The number of nitrogens with zero attached hydrogens (tertiary/aromatic N) is 1. The molecule has 8 heteroatoms. The summed E-state index contributed by atoms with van der Waals surface area (Å²) in [6.07, 6.45) is 11.5. The molecule has 220 valence electrons. The Morgan fingerprint density at radius 2 is 1.88 bits per heavy atom. The van der Waals surface area contributed by atoms with Gasteiger partial charge in [0.1, 0.15) is 6.61 Å². The van der Waals surface area contributed by atoms with Crippen molar-refractivity contribution in [3.63, 3.8) is 0 Å². The molecule has 5 aliphatic rings. The van der Waals surface area contributed by atoms with E-state index in [1.165, 1.54) is 0 Å². The molecule has 0 radical (unpaired) electrons. The molecule has 8 unspecified atom stereocenters. The summed E-state index contributed by atoms with van der Waals surface area (Å²) in [6, 6.07) is -0.534. The van der Waals surface area contributed by atoms with E-state index in [1.54, 1.807) is 26.0 Å². The third-order valence-electron chi connectivity index (χ3n) is 11.2. The molecule has 5 aliphatic carbocycles. The fourth-order valence-electron chi connectivity index (χ4n) is 9.24. The summed E-state index contributed by atoms with van der Waals surface area (Å²) in [5.74, 6) is -1.49. The standard InChI is InChI=1S/C32H45NO7/c1-18(2)29(36)39-17-25(35)28-26(40-30(37)19-8-6-5-7-9-19)15-23-22-11-10-20-14-21(34)12-13-31(20,3)27(22)24(33-38)16-32(23,28)4/h12-14,18-19,22-24,26-28,30,37H,5-11,15-17H2,1-4H3/t22?,23?,24?,26-,27?,28?,30?,31?,32?/m1/s1. The lowest BCUT2D eigenvalue weighted by Gasteiger charge is -2.58. The van der Waals surface area contributed by atoms with Crippen LogP contribution in [-0.2, 0) is 23.9 Å². The second-order valence-corrected chi connectivity index (χ2v) is 13.8. The first kappa shape index (κ1) is 29.3. The van der Waals surface area contributed by atoms with Crippen molar-refractivity contribution < 1.29 is 29.0 Å². The van der Waals surface area contributed by atoms with Crippen LogP contribution in [0.25, 0.3) is 0 Å². The summed E-state index contributed by atoms with van der Waals surface area (Å²) in [7, 11) is 0. The lowest BCUT2D eigenvalue weighted by atomic mass is 9.46. The first-order valence-corrected chi connectivity index (χ1v) is 15.3. The van der Waals surface area contributed by atoms with Crippen LogP contribution in [0.3, 0.4) is 0 Å². The third kappa shape index (κ3) is 5.04. The van der Waals surface area contributed by atoms with Crippen molar-refractivity contribution in [1.29, 1.82) is 0 Å². The fourth-order valence-corrected chi connectivity index (χ4v) is 9.24. The molecule has 4 saturated carbocycles. The number of esters is 1. The predicted octanol–water partition coefficient (Wildman–Crippen LogP) is 5.32. The minimum Gasteiger partial charge on any atom is -0.457 e. The van der Waals surface area contributed by atoms with Crippen LogP contribution in [0.15, 0.2) is 29.0 Å². The van der Waals surface area contributed by atoms with Crippen molar-refractivity contribution in [3.05, 3.63) is 28.7 Å². The highest BCUT2D eigenvalue weighted by Gasteiger charge is 2.66. The van der Waals surface area contributed by atoms with Crippen molar-refractivity contribution in [2.75, 3.05) is 6.61 Å². The van der Waals surface area contributed by atoms with Crippen LogP contribution in [0, 0.1) is 51.2 Å². The number of ether oxygens (including phenoxy) is 2. The SMILES string of the molecule is CC(C)C(=O)OCC(=O)C1[C@H](OC(O)C2CCCCC2)CC2C3CCC4=CC(=O)C=CC4(C)C3C(N=O)CC21C. The lowest BCUT2D eigenvalue weighted by molar-refractivity contribution is -0.186. The van der Waals surface area contributed by atoms with E-state index in [9.17, 15) is 24.4 Å². The fraction of sp³-hybridized carbons (Fsp3) is 0.781. The van der Waals surface area contributed by atoms with Gasteiger partial charge in [0.15, 0.2) is 17.9 Å². The molecule has 9 atom stereocenters. The molecular formula is C32H45NO7. The molecule has 8 nitrogen and oxygen atoms in total. The minimum absolute atomic E-state index is 0.0187. The Morgan fingerprint density at radius 3 is 2.55 bits per heavy atom. The topological polar surface area (TPSA) is 119 Å². The number of aliphatic hydroxyl groups excluding tert-OH is 1. The van der Waals surface area contributed by atoms with Gasteiger partial charge in [-0.15, -0.1) is 0 Å². The second-order valence-electron chi connectivity index (χ2n) is 13.8. The lowest BCUT2D eigenvalue weighted by Crippen LogP contribution is -2.56. The summed E-state index contributed by atoms with van der Waals surface area (Å²) >= 11 is 0. The van der Waals surface area contributed by atoms with E-state index in [0.29, 0.717) is 12.8 Å². The molecule has 0 saturated heterocycles. The van der Waals surface area contributed by atoms with Crippen molar-refractivity contribution in [1.82, 2.24) is 0 Å². The monoisotopic (exact) mass is 555 g/mol. The predicted molar refractivity (Wildman–Crippen MR) is 149 cm³/mol. The van der Waals surface area contributed by atoms with Crippen LogP contribution < -0.4 is 0 Å². The minimum atomic E-state index is -0.955. The molecule has 0 heterocycles. The summed E-state index contributed by atoms with van der Waals surface area (Å²) in [5, 5.41) is 14.8. The van der Waals surface area contributed by atoms with Gasteiger partial charge < -0.3 is 14.6 Å². The highest BCUT2D eigenvalue weighted by atomic mass is 16.6. The van der Waals surface area contributed by atoms with Crippen LogP contribution in [0.1, 0.15) is 85.5 Å². The summed E-state index contributed by atoms with van der Waals surface area (Å²) in [5.41, 5.74) is 0.0261. The van der Waals surface area contributed by atoms with Gasteiger partial charge in [-0.2, -0.15) is 4.91 Å². The Morgan fingerprint density at radius 1 is 1.15 bits per heavy atom. The smallest absolute Gasteiger partial charge is 0.308 e. The Labute approximate surface area is 237 Å². The number of aliphatic hydroxyl groups is 1. The summed E-state index contributed by atoms with van der Waals surface area (Å²) < 4.78 is 11.8. The zero-order chi connectivity index (χ0) is 28.8. The molecule has 0 aromatic rings. The van der Waals surface area contributed by atoms with E-state index in [-0.39, 0.29) is 47.8 Å². The zero-order valence-electron chi connectivity index (χ0n) is 24.3. The number of carbonyl (C=O) groups excluding carboxylic acids is 3. The van der Waals surface area contributed by atoms with Crippen LogP contribution in [-0.4, -0.2) is 47.7 Å². The molecule has 0 bridgehead atoms. The van der Waals surface area contributed by atoms with Gasteiger partial charge in [0.25, 0.3) is 0 Å². The number of rotatable bonds is 8. The van der Waals surface area contributed by atoms with Gasteiger partial charge in [-0.05, 0) is 67.9 Å². The quantitative estimate of drug-likeness (QED) is 0.245. The number of carbonyl (C=O) groups is 3. The Hall–Kier alpha value is -2.19. The molecule has 0 spiro atoms. The van der Waals surface area contributed by atoms with Gasteiger partial charge in [-0.3, -0.25) is 14.4 Å². The number of allylic oxidation sites excluding steroid dienone is 4. The highest BCUT2D eigenvalue weighted by Crippen LogP contribution is 2.67. The molecule has 0 amide bonds. The van der Waals surface area contributed by atoms with Gasteiger partial charge in [0, 0.05) is 17.3 Å². The maximum atomic E-state index is 13.9. The number of Topliss-reactive ketones (excluding diaryl/α,β-unsaturated/α-hetero) is 1. The number of ketones is 2. The summed E-state index contributed by atoms with van der Waals surface area (Å²) in [6.45, 7) is 7.30. The third-order valence-corrected chi connectivity index (χ3v) is 11.2. The van der Waals surface area contributed by atoms with Crippen molar-refractivity contribution >= 4 is 17.5 Å². The first-order chi connectivity index (χ1) is 19.0. The molecule has 0 aromatic carbocycles. The van der Waals surface area contributed by atoms with E-state index < -0.39 is 41.2 Å². The molecule has 0 aliphatic heterocycles. The van der Waals surface area contributed by atoms with Gasteiger partial charge in [-0.1, -0.05) is 63.8 Å². The van der Waals surface area contributed by atoms with E-state index in [1.807, 2.05) is 6.08 Å². The maximum absolute atomic E-state index is 13.9. The van der Waals surface area contributed by atoms with E-state index in [2.05, 4.69) is 19.0 Å². The normalized spacial score (nSPS) is 40.0. The molecule has 0 aromatic heterocycles. The van der Waals surface area contributed by atoms with Gasteiger partial charge >= 0.3 is 5.97 Å². The van der Waals surface area contributed by atoms with Crippen LogP contribution >= 0.6 is 0 Å². The second kappa shape index (κ2) is 11.2. The largest absolute Gasteiger partial charge is 0.457 e. The van der Waals surface area contributed by atoms with Crippen LogP contribution in [0.2, 0.25) is 0 Å². The van der Waals surface area contributed by atoms with Crippen LogP contribution in [0.4, 0.5) is 0 Å². The Kier molecular flexibility index (Phi) is 8.23. The maximum Gasteiger partial charge on any atom is 0.308 e. The molecule has 40 heavy (non-hydrogen) atoms. The Bertz CT molecular complexity index is 1090. The van der Waals surface area contributed by atoms with E-state index >= 15 is 0 Å². The van der Waals surface area contributed by atoms with E-state index in [0.717, 1.165) is 50.5 Å². The van der Waals surface area contributed by atoms with Gasteiger partial charge in [-0.25, -0.2) is 0 Å². The molecule has 4 fully saturated rings. The average Bonchev–Trinajstić information content (AvgIpc) is 3.23. The van der Waals surface area contributed by atoms with Crippen molar-refractivity contribution in [3.8, 4) is 0 Å². The van der Waals surface area contributed by atoms with E-state index in [4.69, 9.17) is 9.47 Å². The molecule has 5 rings (SSSR count). The molecule has 1 N–H and O–H groups in total. The number of hydrogen-bond acceptors (Lipinski definition) is 8. The number of nitroso groups, excluding NO2 is 1. The Balaban J connectivity index is 1.47. The zero-order valence-corrected chi connectivity index (χ0v) is 24.3. The number of fused-ring (bicyclic) bond motifs is 5. The molecular weight excluding hydrogens is 510 g/mol. The highest BCUT2D eigenvalue weighted by molar-refractivity contribution is 6.01. The van der Waals surface area contributed by atoms with Crippen molar-refractivity contribution in [2.45, 2.75) is 104 Å². The van der Waals surface area contributed by atoms with Crippen molar-refractivity contribution in [2.24, 2.45) is 51.5 Å². The van der Waals surface area contributed by atoms with Gasteiger partial charge in [0.05, 0.1) is 24.0 Å². The van der Waals surface area contributed by atoms with Gasteiger partial charge in [0.2, 0.25) is 0 Å². The average molecular weight is 556 g/mol. The van der Waals surface area contributed by atoms with Crippen LogP contribution in [0.5, 0.6) is 0 Å². The first-order valence-electron chi connectivity index (χ1n) is 15.3. The number of hydrogen-bond donors (Lipinski definition) is 1.